The molecule has 0 spiro atoms. The minimum atomic E-state index is -1.75. The number of phenols is 1. The van der Waals surface area contributed by atoms with Gasteiger partial charge >= 0.3 is 0 Å². The zero-order chi connectivity index (χ0) is 29.3. The number of likely N-dealkylation sites (N-methyl/N-ethyl adjacent to an activating group) is 1. The van der Waals surface area contributed by atoms with Crippen LogP contribution in [0.1, 0.15) is 34.8 Å². The molecule has 3 aliphatic carbocycles. The van der Waals surface area contributed by atoms with Crippen molar-refractivity contribution >= 4 is 29.0 Å². The maximum Gasteiger partial charge on any atom is 0.235 e. The summed E-state index contributed by atoms with van der Waals surface area (Å²) in [5.74, 6) is -8.07. The number of hydrogen-bond acceptors (Lipinski definition) is 9. The predicted octanol–water partition coefficient (Wildman–Crippen LogP) is 1.27. The lowest BCUT2D eigenvalue weighted by molar-refractivity contribution is -0.166. The number of carbonyl (C=O) groups is 5. The average Bonchev–Trinajstić information content (AvgIpc) is 2.87. The summed E-state index contributed by atoms with van der Waals surface area (Å²) in [4.78, 5) is 75.8. The second-order valence-electron chi connectivity index (χ2n) is 12.0. The van der Waals surface area contributed by atoms with Gasteiger partial charge in [-0.2, -0.15) is 0 Å². The van der Waals surface area contributed by atoms with Crippen LogP contribution >= 0.6 is 0 Å². The minimum absolute atomic E-state index is 0.0756. The second kappa shape index (κ2) is 9.71. The third kappa shape index (κ3) is 3.92. The number of primary amides is 1. The Morgan fingerprint density at radius 3 is 2.40 bits per heavy atom. The predicted molar refractivity (Wildman–Crippen MR) is 145 cm³/mol. The molecular formula is C30H34N4O6. The summed E-state index contributed by atoms with van der Waals surface area (Å²) < 4.78 is 0. The van der Waals surface area contributed by atoms with E-state index in [4.69, 9.17) is 5.73 Å². The molecule has 0 radical (unpaired) electrons. The molecule has 2 saturated carbocycles. The SMILES string of the molecule is CN(C)Cc1cc(-c2ccccn2)c2c(c1O)C(=O)C1C(=O)C3(C)C(=O)C(C(N)=O)C(=O)[C@H](N(C)C)[C@@H]3C[C@@H]1C2. The monoisotopic (exact) mass is 546 g/mol. The summed E-state index contributed by atoms with van der Waals surface area (Å²) in [7, 11) is 7.01. The highest BCUT2D eigenvalue weighted by atomic mass is 16.3. The maximum absolute atomic E-state index is 14.3. The number of phenolic OH excluding ortho intramolecular Hbond substituents is 1. The Labute approximate surface area is 232 Å². The number of pyridine rings is 1. The number of amides is 1. The highest BCUT2D eigenvalue weighted by Gasteiger charge is 2.67. The van der Waals surface area contributed by atoms with E-state index in [1.807, 2.05) is 37.2 Å². The Morgan fingerprint density at radius 1 is 1.12 bits per heavy atom. The molecule has 0 saturated heterocycles. The Kier molecular flexibility index (Phi) is 6.74. The molecule has 10 nitrogen and oxygen atoms in total. The molecule has 1 aromatic heterocycles. The summed E-state index contributed by atoms with van der Waals surface area (Å²) in [6.45, 7) is 1.79. The van der Waals surface area contributed by atoms with Crippen LogP contribution in [0.3, 0.4) is 0 Å². The quantitative estimate of drug-likeness (QED) is 0.528. The van der Waals surface area contributed by atoms with E-state index in [0.29, 0.717) is 28.9 Å². The Bertz CT molecular complexity index is 1450. The van der Waals surface area contributed by atoms with Gasteiger partial charge < -0.3 is 15.7 Å². The van der Waals surface area contributed by atoms with Crippen LogP contribution in [0.5, 0.6) is 5.75 Å². The standard InChI is InChI=1S/C30H34N4O6/c1-30-18(23(34(4)5)26(37)22(28(30)39)29(31)40)12-14-10-17-16(19-8-6-7-9-32-19)11-15(13-33(2)3)24(35)21(17)25(36)20(14)27(30)38/h6-9,11,14,18,20,22-23,35H,10,12-13H2,1-5H3,(H2,31,40)/t14-,18-,20?,22?,23+,30?/m0/s1. The summed E-state index contributed by atoms with van der Waals surface area (Å²) >= 11 is 0. The normalized spacial score (nSPS) is 29.8. The van der Waals surface area contributed by atoms with Gasteiger partial charge in [-0.25, -0.2) is 0 Å². The fraction of sp³-hybridized carbons (Fsp3) is 0.467. The van der Waals surface area contributed by atoms with E-state index in [0.717, 1.165) is 0 Å². The van der Waals surface area contributed by atoms with Crippen LogP contribution in [-0.4, -0.2) is 83.2 Å². The number of Topliss-reactive ketones (excluding diaryl/α,β-unsaturated/α-hetero) is 4. The molecule has 10 heteroatoms. The van der Waals surface area contributed by atoms with E-state index in [9.17, 15) is 29.1 Å². The van der Waals surface area contributed by atoms with Crippen molar-refractivity contribution in [2.75, 3.05) is 28.2 Å². The third-order valence-corrected chi connectivity index (χ3v) is 9.05. The lowest BCUT2D eigenvalue weighted by Gasteiger charge is -2.53. The second-order valence-corrected chi connectivity index (χ2v) is 12.0. The van der Waals surface area contributed by atoms with Crippen molar-refractivity contribution < 1.29 is 29.1 Å². The van der Waals surface area contributed by atoms with Crippen molar-refractivity contribution in [1.29, 1.82) is 0 Å². The zero-order valence-electron chi connectivity index (χ0n) is 23.3. The van der Waals surface area contributed by atoms with Gasteiger partial charge in [0.25, 0.3) is 0 Å². The number of carbonyl (C=O) groups excluding carboxylic acids is 5. The Hall–Kier alpha value is -3.76. The smallest absolute Gasteiger partial charge is 0.235 e. The first-order valence-electron chi connectivity index (χ1n) is 13.4. The third-order valence-electron chi connectivity index (χ3n) is 9.05. The first-order valence-corrected chi connectivity index (χ1v) is 13.4. The zero-order valence-corrected chi connectivity index (χ0v) is 23.3. The molecule has 1 aromatic carbocycles. The number of aromatic nitrogens is 1. The van der Waals surface area contributed by atoms with Gasteiger partial charge in [-0.05, 0) is 77.6 Å². The van der Waals surface area contributed by atoms with Crippen LogP contribution in [0, 0.1) is 29.1 Å². The molecule has 210 valence electrons. The van der Waals surface area contributed by atoms with Gasteiger partial charge in [-0.15, -0.1) is 0 Å². The summed E-state index contributed by atoms with van der Waals surface area (Å²) in [5.41, 5.74) is 6.27. The largest absolute Gasteiger partial charge is 0.507 e. The van der Waals surface area contributed by atoms with Gasteiger partial charge in [0, 0.05) is 29.8 Å². The molecule has 5 rings (SSSR count). The van der Waals surface area contributed by atoms with Gasteiger partial charge in [0.05, 0.1) is 28.6 Å². The fourth-order valence-corrected chi connectivity index (χ4v) is 7.26. The molecule has 1 amide bonds. The summed E-state index contributed by atoms with van der Waals surface area (Å²) in [6.07, 6.45) is 2.18. The molecule has 40 heavy (non-hydrogen) atoms. The molecule has 0 bridgehead atoms. The van der Waals surface area contributed by atoms with E-state index in [1.165, 1.54) is 6.92 Å². The minimum Gasteiger partial charge on any atom is -0.507 e. The van der Waals surface area contributed by atoms with Crippen molar-refractivity contribution in [2.45, 2.75) is 32.4 Å². The topological polar surface area (TPSA) is 151 Å². The molecular weight excluding hydrogens is 512 g/mol. The highest BCUT2D eigenvalue weighted by molar-refractivity contribution is 6.30. The number of nitrogens with zero attached hydrogens (tertiary/aromatic N) is 3. The molecule has 3 N–H and O–H groups in total. The summed E-state index contributed by atoms with van der Waals surface area (Å²) in [5, 5.41) is 11.4. The first-order chi connectivity index (χ1) is 18.8. The van der Waals surface area contributed by atoms with Crippen molar-refractivity contribution in [2.24, 2.45) is 34.8 Å². The van der Waals surface area contributed by atoms with Crippen LogP contribution in [0.15, 0.2) is 30.5 Å². The van der Waals surface area contributed by atoms with E-state index < -0.39 is 64.2 Å². The van der Waals surface area contributed by atoms with E-state index in [2.05, 4.69) is 4.98 Å². The number of ketones is 4. The van der Waals surface area contributed by atoms with Gasteiger partial charge in [0.2, 0.25) is 5.91 Å². The lowest BCUT2D eigenvalue weighted by Crippen LogP contribution is -2.69. The molecule has 6 atom stereocenters. The number of nitrogens with two attached hydrogens (primary N) is 1. The van der Waals surface area contributed by atoms with E-state index in [1.54, 1.807) is 31.3 Å². The summed E-state index contributed by atoms with van der Waals surface area (Å²) in [6, 6.07) is 6.40. The van der Waals surface area contributed by atoms with Crippen LogP contribution in [-0.2, 0) is 32.1 Å². The number of benzene rings is 1. The Morgan fingerprint density at radius 2 is 1.82 bits per heavy atom. The van der Waals surface area contributed by atoms with Crippen molar-refractivity contribution in [1.82, 2.24) is 14.8 Å². The number of hydrogen-bond donors (Lipinski definition) is 2. The lowest BCUT2D eigenvalue weighted by atomic mass is 9.48. The average molecular weight is 547 g/mol. The van der Waals surface area contributed by atoms with Crippen molar-refractivity contribution in [3.8, 4) is 17.0 Å². The van der Waals surface area contributed by atoms with Crippen LogP contribution in [0.25, 0.3) is 11.3 Å². The molecule has 2 aromatic rings. The van der Waals surface area contributed by atoms with Gasteiger partial charge in [0.1, 0.15) is 5.75 Å². The highest BCUT2D eigenvalue weighted by Crippen LogP contribution is 2.55. The van der Waals surface area contributed by atoms with Crippen LogP contribution < -0.4 is 5.73 Å². The fourth-order valence-electron chi connectivity index (χ4n) is 7.26. The maximum atomic E-state index is 14.3. The molecule has 1 heterocycles. The van der Waals surface area contributed by atoms with Crippen LogP contribution in [0.4, 0.5) is 0 Å². The van der Waals surface area contributed by atoms with E-state index >= 15 is 0 Å². The Balaban J connectivity index is 1.70. The van der Waals surface area contributed by atoms with Crippen molar-refractivity contribution in [3.63, 3.8) is 0 Å². The number of aromatic hydroxyl groups is 1. The molecule has 0 aliphatic heterocycles. The van der Waals surface area contributed by atoms with Crippen molar-refractivity contribution in [3.05, 3.63) is 47.2 Å². The van der Waals surface area contributed by atoms with Gasteiger partial charge in [-0.1, -0.05) is 6.07 Å². The molecule has 3 aliphatic rings. The van der Waals surface area contributed by atoms with Gasteiger partial charge in [-0.3, -0.25) is 33.9 Å². The van der Waals surface area contributed by atoms with Gasteiger partial charge in [0.15, 0.2) is 29.1 Å². The number of fused-ring (bicyclic) bond motifs is 3. The van der Waals surface area contributed by atoms with Crippen LogP contribution in [0.2, 0.25) is 0 Å². The number of rotatable bonds is 5. The first kappa shape index (κ1) is 27.8. The molecule has 2 fully saturated rings. The molecule has 3 unspecified atom stereocenters. The van der Waals surface area contributed by atoms with E-state index in [-0.39, 0.29) is 24.2 Å².